The summed E-state index contributed by atoms with van der Waals surface area (Å²) in [6.07, 6.45) is 4.75. The molecular formula is C15H16N4OS. The molecule has 1 N–H and O–H groups in total. The van der Waals surface area contributed by atoms with Gasteiger partial charge in [0, 0.05) is 18.1 Å². The monoisotopic (exact) mass is 300 g/mol. The van der Waals surface area contributed by atoms with Crippen molar-refractivity contribution in [3.63, 3.8) is 0 Å². The fourth-order valence-electron chi connectivity index (χ4n) is 2.66. The molecule has 21 heavy (non-hydrogen) atoms. The van der Waals surface area contributed by atoms with E-state index in [0.717, 1.165) is 24.8 Å². The maximum atomic E-state index is 12.2. The van der Waals surface area contributed by atoms with Crippen LogP contribution in [-0.2, 0) is 19.9 Å². The van der Waals surface area contributed by atoms with E-state index in [0.29, 0.717) is 22.2 Å². The number of fused-ring (bicyclic) bond motifs is 1. The highest BCUT2D eigenvalue weighted by atomic mass is 32.1. The van der Waals surface area contributed by atoms with Gasteiger partial charge >= 0.3 is 0 Å². The third-order valence-electron chi connectivity index (χ3n) is 3.80. The Morgan fingerprint density at radius 2 is 2.43 bits per heavy atom. The maximum absolute atomic E-state index is 12.2. The number of rotatable bonds is 2. The van der Waals surface area contributed by atoms with Crippen LogP contribution in [0.2, 0.25) is 0 Å². The average molecular weight is 300 g/mol. The summed E-state index contributed by atoms with van der Waals surface area (Å²) in [5, 5.41) is 17.0. The lowest BCUT2D eigenvalue weighted by atomic mass is 9.89. The molecule has 108 valence electrons. The minimum absolute atomic E-state index is 0.265. The standard InChI is InChI=1S/C15H16N4OS/c1-9-3-4-10-11(8-16)15(21-13(10)7-9)17-14(20)12-5-6-19(2)18-12/h5-6,9H,3-4,7H2,1-2H3,(H,17,20)/t9-/m0/s1. The molecule has 0 saturated heterocycles. The Balaban J connectivity index is 1.89. The molecule has 2 heterocycles. The Bertz CT molecular complexity index is 737. The third-order valence-corrected chi connectivity index (χ3v) is 4.97. The molecule has 0 aromatic carbocycles. The number of nitrogens with one attached hydrogen (secondary N) is 1. The Kier molecular flexibility index (Phi) is 3.52. The number of hydrogen-bond acceptors (Lipinski definition) is 4. The fourth-order valence-corrected chi connectivity index (χ4v) is 4.02. The van der Waals surface area contributed by atoms with Gasteiger partial charge in [-0.25, -0.2) is 0 Å². The van der Waals surface area contributed by atoms with E-state index in [-0.39, 0.29) is 5.91 Å². The normalized spacial score (nSPS) is 17.1. The first-order chi connectivity index (χ1) is 10.1. The summed E-state index contributed by atoms with van der Waals surface area (Å²) in [6.45, 7) is 2.22. The van der Waals surface area contributed by atoms with Gasteiger partial charge in [-0.15, -0.1) is 11.3 Å². The molecule has 2 aromatic rings. The SMILES string of the molecule is C[C@H]1CCc2c(sc(NC(=O)c3ccn(C)n3)c2C#N)C1. The van der Waals surface area contributed by atoms with E-state index < -0.39 is 0 Å². The molecule has 0 aliphatic heterocycles. The van der Waals surface area contributed by atoms with Crippen molar-refractivity contribution in [2.45, 2.75) is 26.2 Å². The van der Waals surface area contributed by atoms with Gasteiger partial charge in [-0.2, -0.15) is 10.4 Å². The Hall–Kier alpha value is -2.13. The molecule has 1 amide bonds. The summed E-state index contributed by atoms with van der Waals surface area (Å²) < 4.78 is 1.58. The largest absolute Gasteiger partial charge is 0.311 e. The molecule has 1 aliphatic rings. The number of nitriles is 1. The van der Waals surface area contributed by atoms with Crippen molar-refractivity contribution >= 4 is 22.2 Å². The highest BCUT2D eigenvalue weighted by molar-refractivity contribution is 7.16. The number of amides is 1. The van der Waals surface area contributed by atoms with Crippen LogP contribution in [-0.4, -0.2) is 15.7 Å². The van der Waals surface area contributed by atoms with Crippen LogP contribution >= 0.6 is 11.3 Å². The number of aryl methyl sites for hydroxylation is 1. The van der Waals surface area contributed by atoms with Gasteiger partial charge in [-0.3, -0.25) is 9.48 Å². The Morgan fingerprint density at radius 1 is 1.62 bits per heavy atom. The predicted molar refractivity (Wildman–Crippen MR) is 81.4 cm³/mol. The zero-order chi connectivity index (χ0) is 15.0. The molecule has 1 aliphatic carbocycles. The summed E-state index contributed by atoms with van der Waals surface area (Å²) in [5.41, 5.74) is 2.12. The van der Waals surface area contributed by atoms with E-state index in [9.17, 15) is 10.1 Å². The molecule has 0 saturated carbocycles. The highest BCUT2D eigenvalue weighted by Crippen LogP contribution is 2.39. The first kappa shape index (κ1) is 13.8. The highest BCUT2D eigenvalue weighted by Gasteiger charge is 2.25. The van der Waals surface area contributed by atoms with Gasteiger partial charge < -0.3 is 5.32 Å². The van der Waals surface area contributed by atoms with Gasteiger partial charge in [0.05, 0.1) is 5.56 Å². The van der Waals surface area contributed by atoms with Gasteiger partial charge in [-0.1, -0.05) is 6.92 Å². The molecule has 0 spiro atoms. The first-order valence-electron chi connectivity index (χ1n) is 6.94. The molecule has 5 nitrogen and oxygen atoms in total. The Morgan fingerprint density at radius 3 is 3.10 bits per heavy atom. The van der Waals surface area contributed by atoms with Crippen LogP contribution in [0.3, 0.4) is 0 Å². The molecule has 1 atom stereocenters. The summed E-state index contributed by atoms with van der Waals surface area (Å²) >= 11 is 1.53. The number of hydrogen-bond donors (Lipinski definition) is 1. The average Bonchev–Trinajstić information content (AvgIpc) is 3.01. The van der Waals surface area contributed by atoms with Gasteiger partial charge in [0.1, 0.15) is 11.1 Å². The number of carbonyl (C=O) groups is 1. The molecular weight excluding hydrogens is 284 g/mol. The number of aromatic nitrogens is 2. The molecule has 0 fully saturated rings. The van der Waals surface area contributed by atoms with Crippen LogP contribution in [0.5, 0.6) is 0 Å². The van der Waals surface area contributed by atoms with E-state index >= 15 is 0 Å². The van der Waals surface area contributed by atoms with Crippen molar-refractivity contribution in [1.82, 2.24) is 9.78 Å². The van der Waals surface area contributed by atoms with E-state index in [1.54, 1.807) is 24.0 Å². The van der Waals surface area contributed by atoms with E-state index in [4.69, 9.17) is 0 Å². The predicted octanol–water partition coefficient (Wildman–Crippen LogP) is 2.73. The van der Waals surface area contributed by atoms with Crippen LogP contribution in [0, 0.1) is 17.2 Å². The topological polar surface area (TPSA) is 70.7 Å². The third kappa shape index (κ3) is 2.57. The number of thiophene rings is 1. The maximum Gasteiger partial charge on any atom is 0.276 e. The molecule has 0 bridgehead atoms. The van der Waals surface area contributed by atoms with Crippen molar-refractivity contribution in [3.8, 4) is 6.07 Å². The van der Waals surface area contributed by atoms with Crippen molar-refractivity contribution in [1.29, 1.82) is 5.26 Å². The van der Waals surface area contributed by atoms with E-state index in [1.165, 1.54) is 16.2 Å². The van der Waals surface area contributed by atoms with Crippen LogP contribution in [0.1, 0.15) is 39.8 Å². The molecule has 2 aromatic heterocycles. The van der Waals surface area contributed by atoms with Crippen molar-refractivity contribution in [2.24, 2.45) is 13.0 Å². The van der Waals surface area contributed by atoms with Crippen molar-refractivity contribution in [2.75, 3.05) is 5.32 Å². The van der Waals surface area contributed by atoms with Gasteiger partial charge in [-0.05, 0) is 36.8 Å². The number of anilines is 1. The molecule has 0 unspecified atom stereocenters. The minimum atomic E-state index is -0.265. The lowest BCUT2D eigenvalue weighted by Crippen LogP contribution is -2.13. The smallest absolute Gasteiger partial charge is 0.276 e. The fraction of sp³-hybridized carbons (Fsp3) is 0.400. The second kappa shape index (κ2) is 5.34. The second-order valence-corrected chi connectivity index (χ2v) is 6.60. The lowest BCUT2D eigenvalue weighted by molar-refractivity contribution is 0.102. The quantitative estimate of drug-likeness (QED) is 0.927. The van der Waals surface area contributed by atoms with Gasteiger partial charge in [0.25, 0.3) is 5.91 Å². The summed E-state index contributed by atoms with van der Waals surface area (Å²) in [4.78, 5) is 13.4. The van der Waals surface area contributed by atoms with Crippen molar-refractivity contribution in [3.05, 3.63) is 34.0 Å². The van der Waals surface area contributed by atoms with Crippen LogP contribution < -0.4 is 5.32 Å². The number of nitrogens with zero attached hydrogens (tertiary/aromatic N) is 3. The number of carbonyl (C=O) groups excluding carboxylic acids is 1. The summed E-state index contributed by atoms with van der Waals surface area (Å²) in [7, 11) is 1.77. The Labute approximate surface area is 127 Å². The van der Waals surface area contributed by atoms with Crippen LogP contribution in [0.25, 0.3) is 0 Å². The zero-order valence-electron chi connectivity index (χ0n) is 12.0. The van der Waals surface area contributed by atoms with Crippen LogP contribution in [0.4, 0.5) is 5.00 Å². The van der Waals surface area contributed by atoms with E-state index in [1.807, 2.05) is 0 Å². The summed E-state index contributed by atoms with van der Waals surface area (Å²) in [5.74, 6) is 0.376. The zero-order valence-corrected chi connectivity index (χ0v) is 12.8. The molecule has 0 radical (unpaired) electrons. The summed E-state index contributed by atoms with van der Waals surface area (Å²) in [6, 6.07) is 3.91. The van der Waals surface area contributed by atoms with Gasteiger partial charge in [0.2, 0.25) is 0 Å². The lowest BCUT2D eigenvalue weighted by Gasteiger charge is -2.17. The van der Waals surface area contributed by atoms with Crippen LogP contribution in [0.15, 0.2) is 12.3 Å². The van der Waals surface area contributed by atoms with Gasteiger partial charge in [0.15, 0.2) is 5.69 Å². The first-order valence-corrected chi connectivity index (χ1v) is 7.75. The molecule has 3 rings (SSSR count). The molecule has 6 heteroatoms. The van der Waals surface area contributed by atoms with Crippen molar-refractivity contribution < 1.29 is 4.79 Å². The second-order valence-electron chi connectivity index (χ2n) is 5.50. The minimum Gasteiger partial charge on any atom is -0.311 e. The van der Waals surface area contributed by atoms with E-state index in [2.05, 4.69) is 23.4 Å².